The number of nitrogens with zero attached hydrogens (tertiary/aromatic N) is 1. The summed E-state index contributed by atoms with van der Waals surface area (Å²) in [5, 5.41) is 6.66. The zero-order valence-corrected chi connectivity index (χ0v) is 20.0. The Morgan fingerprint density at radius 1 is 0.912 bits per heavy atom. The summed E-state index contributed by atoms with van der Waals surface area (Å²) >= 11 is 0. The predicted molar refractivity (Wildman–Crippen MR) is 135 cm³/mol. The zero-order valence-electron chi connectivity index (χ0n) is 20.0. The van der Waals surface area contributed by atoms with E-state index in [-0.39, 0.29) is 5.41 Å². The van der Waals surface area contributed by atoms with Crippen LogP contribution >= 0.6 is 0 Å². The minimum atomic E-state index is -0.428. The molecule has 7 nitrogen and oxygen atoms in total. The number of carbonyl (C=O) groups excluding carboxylic acids is 1. The van der Waals surface area contributed by atoms with E-state index in [1.165, 1.54) is 11.8 Å². The van der Waals surface area contributed by atoms with Crippen LogP contribution in [0, 0.1) is 0 Å². The van der Waals surface area contributed by atoms with Crippen LogP contribution in [0.1, 0.15) is 31.9 Å². The second-order valence-corrected chi connectivity index (χ2v) is 8.57. The highest BCUT2D eigenvalue weighted by atomic mass is 16.5. The summed E-state index contributed by atoms with van der Waals surface area (Å²) in [6.45, 7) is 7.31. The molecule has 0 spiro atoms. The molecule has 0 unspecified atom stereocenters. The van der Waals surface area contributed by atoms with Crippen LogP contribution in [-0.4, -0.2) is 32.6 Å². The molecule has 0 fully saturated rings. The first kappa shape index (κ1) is 24.6. The van der Waals surface area contributed by atoms with Crippen molar-refractivity contribution in [3.8, 4) is 17.2 Å². The Kier molecular flexibility index (Phi) is 8.51. The van der Waals surface area contributed by atoms with Crippen molar-refractivity contribution in [3.05, 3.63) is 83.9 Å². The monoisotopic (exact) mass is 461 g/mol. The van der Waals surface area contributed by atoms with Gasteiger partial charge in [-0.25, -0.2) is 10.2 Å². The molecule has 0 heterocycles. The van der Waals surface area contributed by atoms with Gasteiger partial charge in [-0.3, -0.25) is 0 Å². The van der Waals surface area contributed by atoms with Crippen LogP contribution in [0.3, 0.4) is 0 Å². The number of nitrogens with one attached hydrogen (secondary N) is 2. The third-order valence-electron chi connectivity index (χ3n) is 4.93. The van der Waals surface area contributed by atoms with Crippen molar-refractivity contribution in [2.75, 3.05) is 25.6 Å². The van der Waals surface area contributed by atoms with Crippen molar-refractivity contribution in [2.45, 2.75) is 26.2 Å². The fourth-order valence-electron chi connectivity index (χ4n) is 3.09. The minimum absolute atomic E-state index is 0.111. The molecule has 3 aromatic rings. The van der Waals surface area contributed by atoms with E-state index in [4.69, 9.17) is 14.2 Å². The number of hydrogen-bond donors (Lipinski definition) is 2. The number of ether oxygens (including phenoxy) is 3. The number of hydrogen-bond acceptors (Lipinski definition) is 5. The van der Waals surface area contributed by atoms with Crippen molar-refractivity contribution in [1.29, 1.82) is 0 Å². The van der Waals surface area contributed by atoms with Crippen LogP contribution in [-0.2, 0) is 5.41 Å². The number of anilines is 1. The fourth-order valence-corrected chi connectivity index (χ4v) is 3.09. The van der Waals surface area contributed by atoms with Crippen molar-refractivity contribution in [3.63, 3.8) is 0 Å². The molecule has 3 rings (SSSR count). The van der Waals surface area contributed by atoms with E-state index < -0.39 is 6.03 Å². The summed E-state index contributed by atoms with van der Waals surface area (Å²) in [4.78, 5) is 11.9. The maximum absolute atomic E-state index is 11.9. The largest absolute Gasteiger partial charge is 0.493 e. The second-order valence-electron chi connectivity index (χ2n) is 8.57. The molecule has 0 saturated carbocycles. The van der Waals surface area contributed by atoms with Crippen molar-refractivity contribution < 1.29 is 19.0 Å². The Morgan fingerprint density at radius 3 is 2.29 bits per heavy atom. The van der Waals surface area contributed by atoms with E-state index in [9.17, 15) is 4.79 Å². The maximum Gasteiger partial charge on any atom is 0.339 e. The lowest BCUT2D eigenvalue weighted by Crippen LogP contribution is -2.24. The SMILES string of the molecule is COc1cc(/C=N\NC(=O)Nc2ccccc2)ccc1OCCOc1ccc(C(C)(C)C)cc1. The lowest BCUT2D eigenvalue weighted by atomic mass is 9.87. The van der Waals surface area contributed by atoms with Crippen LogP contribution in [0.15, 0.2) is 77.9 Å². The molecule has 0 atom stereocenters. The van der Waals surface area contributed by atoms with Crippen molar-refractivity contribution in [2.24, 2.45) is 5.10 Å². The molecule has 0 aliphatic heterocycles. The summed E-state index contributed by atoms with van der Waals surface area (Å²) in [6, 6.07) is 22.2. The number of benzene rings is 3. The Labute approximate surface area is 200 Å². The van der Waals surface area contributed by atoms with E-state index in [1.54, 1.807) is 31.4 Å². The van der Waals surface area contributed by atoms with Gasteiger partial charge in [0.15, 0.2) is 11.5 Å². The quantitative estimate of drug-likeness (QED) is 0.247. The van der Waals surface area contributed by atoms with Gasteiger partial charge in [-0.1, -0.05) is 51.1 Å². The van der Waals surface area contributed by atoms with Gasteiger partial charge in [0.25, 0.3) is 0 Å². The highest BCUT2D eigenvalue weighted by Gasteiger charge is 2.13. The van der Waals surface area contributed by atoms with Gasteiger partial charge in [-0.15, -0.1) is 0 Å². The molecule has 178 valence electrons. The lowest BCUT2D eigenvalue weighted by molar-refractivity contribution is 0.211. The van der Waals surface area contributed by atoms with Crippen LogP contribution in [0.5, 0.6) is 17.2 Å². The molecule has 34 heavy (non-hydrogen) atoms. The first-order valence-corrected chi connectivity index (χ1v) is 11.0. The van der Waals surface area contributed by atoms with Crippen molar-refractivity contribution >= 4 is 17.9 Å². The second kappa shape index (κ2) is 11.7. The molecule has 3 aromatic carbocycles. The van der Waals surface area contributed by atoms with Crippen LogP contribution in [0.25, 0.3) is 0 Å². The molecular formula is C27H31N3O4. The maximum atomic E-state index is 11.9. The van der Waals surface area contributed by atoms with Gasteiger partial charge in [-0.2, -0.15) is 5.10 Å². The molecule has 0 aromatic heterocycles. The van der Waals surface area contributed by atoms with E-state index in [0.717, 1.165) is 11.3 Å². The molecule has 0 aliphatic carbocycles. The molecule has 0 radical (unpaired) electrons. The number of urea groups is 1. The summed E-state index contributed by atoms with van der Waals surface area (Å²) in [5.74, 6) is 1.97. The number of para-hydroxylation sites is 1. The Bertz CT molecular complexity index is 1090. The molecule has 2 amide bonds. The van der Waals surface area contributed by atoms with Gasteiger partial charge >= 0.3 is 6.03 Å². The fraction of sp³-hybridized carbons (Fsp3) is 0.259. The Balaban J connectivity index is 1.46. The van der Waals surface area contributed by atoms with Crippen LogP contribution in [0.2, 0.25) is 0 Å². The molecular weight excluding hydrogens is 430 g/mol. The van der Waals surface area contributed by atoms with E-state index in [0.29, 0.717) is 30.4 Å². The first-order valence-electron chi connectivity index (χ1n) is 11.0. The normalized spacial score (nSPS) is 11.2. The van der Waals surface area contributed by atoms with Gasteiger partial charge in [0.1, 0.15) is 19.0 Å². The van der Waals surface area contributed by atoms with Crippen molar-refractivity contribution in [1.82, 2.24) is 5.43 Å². The average molecular weight is 462 g/mol. The number of amides is 2. The first-order chi connectivity index (χ1) is 16.3. The summed E-state index contributed by atoms with van der Waals surface area (Å²) < 4.78 is 17.0. The Hall–Kier alpha value is -4.00. The number of methoxy groups -OCH3 is 1. The summed E-state index contributed by atoms with van der Waals surface area (Å²) in [7, 11) is 1.57. The third kappa shape index (κ3) is 7.55. The van der Waals surface area contributed by atoms with E-state index in [2.05, 4.69) is 48.7 Å². The van der Waals surface area contributed by atoms with Gasteiger partial charge in [-0.05, 0) is 59.0 Å². The highest BCUT2D eigenvalue weighted by molar-refractivity contribution is 5.90. The molecule has 0 aliphatic rings. The topological polar surface area (TPSA) is 81.2 Å². The average Bonchev–Trinajstić information content (AvgIpc) is 2.82. The Morgan fingerprint density at radius 2 is 1.62 bits per heavy atom. The smallest absolute Gasteiger partial charge is 0.339 e. The summed E-state index contributed by atoms with van der Waals surface area (Å²) in [5.41, 5.74) is 5.24. The number of carbonyl (C=O) groups is 1. The van der Waals surface area contributed by atoms with E-state index >= 15 is 0 Å². The molecule has 0 bridgehead atoms. The number of rotatable bonds is 9. The summed E-state index contributed by atoms with van der Waals surface area (Å²) in [6.07, 6.45) is 1.53. The molecule has 2 N–H and O–H groups in total. The zero-order chi connectivity index (χ0) is 24.4. The predicted octanol–water partition coefficient (Wildman–Crippen LogP) is 5.61. The van der Waals surface area contributed by atoms with Crippen LogP contribution < -0.4 is 25.0 Å². The van der Waals surface area contributed by atoms with Gasteiger partial charge in [0.05, 0.1) is 13.3 Å². The van der Waals surface area contributed by atoms with Gasteiger partial charge in [0, 0.05) is 5.69 Å². The minimum Gasteiger partial charge on any atom is -0.493 e. The standard InChI is InChI=1S/C27H31N3O4/c1-27(2,3)21-11-13-23(14-12-21)33-16-17-34-24-15-10-20(18-25(24)32-4)19-28-30-26(31)29-22-8-6-5-7-9-22/h5-15,18-19H,16-17H2,1-4H3,(H2,29,30,31)/b28-19-. The van der Waals surface area contributed by atoms with E-state index in [1.807, 2.05) is 36.4 Å². The lowest BCUT2D eigenvalue weighted by Gasteiger charge is -2.19. The molecule has 0 saturated heterocycles. The van der Waals surface area contributed by atoms with Crippen LogP contribution in [0.4, 0.5) is 10.5 Å². The highest BCUT2D eigenvalue weighted by Crippen LogP contribution is 2.28. The van der Waals surface area contributed by atoms with Gasteiger partial charge < -0.3 is 19.5 Å². The molecule has 7 heteroatoms. The number of hydrazone groups is 1. The van der Waals surface area contributed by atoms with Gasteiger partial charge in [0.2, 0.25) is 0 Å². The third-order valence-corrected chi connectivity index (χ3v) is 4.93.